The molecular formula is C22H23F3N2O3. The molecule has 5 nitrogen and oxygen atoms in total. The Morgan fingerprint density at radius 1 is 0.900 bits per heavy atom. The van der Waals surface area contributed by atoms with Gasteiger partial charge in [0.05, 0.1) is 12.2 Å². The second-order valence-electron chi connectivity index (χ2n) is 7.02. The Morgan fingerprint density at radius 3 is 2.23 bits per heavy atom. The molecule has 0 aromatic heterocycles. The fraction of sp³-hybridized carbons (Fsp3) is 0.364. The van der Waals surface area contributed by atoms with Gasteiger partial charge < -0.3 is 14.5 Å². The third-order valence-electron chi connectivity index (χ3n) is 4.90. The Kier molecular flexibility index (Phi) is 6.97. The van der Waals surface area contributed by atoms with Crippen LogP contribution in [0.2, 0.25) is 0 Å². The highest BCUT2D eigenvalue weighted by Gasteiger charge is 2.32. The van der Waals surface area contributed by atoms with Gasteiger partial charge in [0.1, 0.15) is 5.75 Å². The summed E-state index contributed by atoms with van der Waals surface area (Å²) in [7, 11) is 0. The molecule has 0 bridgehead atoms. The summed E-state index contributed by atoms with van der Waals surface area (Å²) >= 11 is 0. The summed E-state index contributed by atoms with van der Waals surface area (Å²) in [6, 6.07) is 13.8. The summed E-state index contributed by atoms with van der Waals surface area (Å²) in [4.78, 5) is 28.1. The molecule has 1 aliphatic rings. The van der Waals surface area contributed by atoms with Crippen LogP contribution in [0.1, 0.15) is 28.8 Å². The van der Waals surface area contributed by atoms with E-state index in [1.807, 2.05) is 30.3 Å². The molecule has 1 heterocycles. The molecule has 8 heteroatoms. The summed E-state index contributed by atoms with van der Waals surface area (Å²) in [5, 5.41) is 0. The Balaban J connectivity index is 1.44. The molecule has 1 fully saturated rings. The van der Waals surface area contributed by atoms with Crippen LogP contribution in [-0.4, -0.2) is 54.4 Å². The van der Waals surface area contributed by atoms with Gasteiger partial charge in [-0.1, -0.05) is 24.3 Å². The Morgan fingerprint density at radius 2 is 1.57 bits per heavy atom. The fourth-order valence-electron chi connectivity index (χ4n) is 3.26. The van der Waals surface area contributed by atoms with E-state index < -0.39 is 17.6 Å². The third kappa shape index (κ3) is 5.75. The van der Waals surface area contributed by atoms with Crippen molar-refractivity contribution < 1.29 is 27.5 Å². The lowest BCUT2D eigenvalue weighted by Gasteiger charge is -2.35. The average Bonchev–Trinajstić information content (AvgIpc) is 2.76. The number of alkyl halides is 3. The molecule has 0 radical (unpaired) electrons. The molecule has 2 amide bonds. The van der Waals surface area contributed by atoms with E-state index in [0.29, 0.717) is 45.6 Å². The summed E-state index contributed by atoms with van der Waals surface area (Å²) in [6.45, 7) is 1.75. The van der Waals surface area contributed by atoms with Crippen LogP contribution >= 0.6 is 0 Å². The number of nitrogens with zero attached hydrogens (tertiary/aromatic N) is 2. The quantitative estimate of drug-likeness (QED) is 0.667. The van der Waals surface area contributed by atoms with Crippen molar-refractivity contribution >= 4 is 11.8 Å². The minimum absolute atomic E-state index is 0.00247. The smallest absolute Gasteiger partial charge is 0.416 e. The third-order valence-corrected chi connectivity index (χ3v) is 4.90. The van der Waals surface area contributed by atoms with Gasteiger partial charge in [-0.3, -0.25) is 9.59 Å². The van der Waals surface area contributed by atoms with Crippen molar-refractivity contribution in [2.45, 2.75) is 19.0 Å². The SMILES string of the molecule is O=C(CCCOc1ccccc1)N1CCN(C(=O)c2cccc(C(F)(F)F)c2)CC1. The highest BCUT2D eigenvalue weighted by molar-refractivity contribution is 5.94. The second-order valence-corrected chi connectivity index (χ2v) is 7.02. The molecule has 0 atom stereocenters. The summed E-state index contributed by atoms with van der Waals surface area (Å²) < 4.78 is 44.1. The number of rotatable bonds is 6. The van der Waals surface area contributed by atoms with Gasteiger partial charge in [0, 0.05) is 38.2 Å². The van der Waals surface area contributed by atoms with E-state index in [1.165, 1.54) is 17.0 Å². The molecule has 160 valence electrons. The number of benzene rings is 2. The summed E-state index contributed by atoms with van der Waals surface area (Å²) in [6.07, 6.45) is -3.57. The maximum atomic E-state index is 12.9. The summed E-state index contributed by atoms with van der Waals surface area (Å²) in [5.41, 5.74) is -0.845. The number of carbonyl (C=O) groups is 2. The van der Waals surface area contributed by atoms with Crippen molar-refractivity contribution in [2.75, 3.05) is 32.8 Å². The van der Waals surface area contributed by atoms with Crippen molar-refractivity contribution in [3.8, 4) is 5.75 Å². The van der Waals surface area contributed by atoms with Crippen LogP contribution in [0.15, 0.2) is 54.6 Å². The zero-order valence-corrected chi connectivity index (χ0v) is 16.4. The zero-order chi connectivity index (χ0) is 21.6. The molecule has 0 N–H and O–H groups in total. The predicted molar refractivity (Wildman–Crippen MR) is 105 cm³/mol. The van der Waals surface area contributed by atoms with Crippen LogP contribution in [0.4, 0.5) is 13.2 Å². The van der Waals surface area contributed by atoms with E-state index in [0.717, 1.165) is 17.9 Å². The van der Waals surface area contributed by atoms with Crippen molar-refractivity contribution in [1.82, 2.24) is 9.80 Å². The van der Waals surface area contributed by atoms with Gasteiger partial charge in [-0.25, -0.2) is 0 Å². The molecular weight excluding hydrogens is 397 g/mol. The molecule has 2 aromatic carbocycles. The number of piperazine rings is 1. The van der Waals surface area contributed by atoms with Crippen molar-refractivity contribution in [2.24, 2.45) is 0 Å². The number of amides is 2. The standard InChI is InChI=1S/C22H23F3N2O3/c23-22(24,25)18-7-4-6-17(16-18)21(29)27-13-11-26(12-14-27)20(28)10-5-15-30-19-8-2-1-3-9-19/h1-4,6-9,16H,5,10-15H2. The normalized spacial score (nSPS) is 14.5. The van der Waals surface area contributed by atoms with Gasteiger partial charge in [0.25, 0.3) is 5.91 Å². The first kappa shape index (κ1) is 21.7. The van der Waals surface area contributed by atoms with Crippen LogP contribution in [-0.2, 0) is 11.0 Å². The zero-order valence-electron chi connectivity index (χ0n) is 16.4. The van der Waals surface area contributed by atoms with Crippen molar-refractivity contribution in [3.05, 3.63) is 65.7 Å². The maximum absolute atomic E-state index is 12.9. The molecule has 0 unspecified atom stereocenters. The highest BCUT2D eigenvalue weighted by atomic mass is 19.4. The van der Waals surface area contributed by atoms with Crippen LogP contribution in [0, 0.1) is 0 Å². The first-order valence-electron chi connectivity index (χ1n) is 9.77. The first-order chi connectivity index (χ1) is 14.3. The van der Waals surface area contributed by atoms with Gasteiger partial charge in [-0.2, -0.15) is 13.2 Å². The van der Waals surface area contributed by atoms with Gasteiger partial charge >= 0.3 is 6.18 Å². The van der Waals surface area contributed by atoms with Crippen LogP contribution < -0.4 is 4.74 Å². The predicted octanol–water partition coefficient (Wildman–Crippen LogP) is 3.85. The monoisotopic (exact) mass is 420 g/mol. The number of ether oxygens (including phenoxy) is 1. The molecule has 2 aromatic rings. The lowest BCUT2D eigenvalue weighted by atomic mass is 10.1. The molecule has 3 rings (SSSR count). The van der Waals surface area contributed by atoms with Crippen molar-refractivity contribution in [3.63, 3.8) is 0 Å². The molecule has 1 saturated heterocycles. The Bertz CT molecular complexity index is 863. The minimum atomic E-state index is -4.49. The van der Waals surface area contributed by atoms with Gasteiger partial charge in [0.15, 0.2) is 0 Å². The molecule has 0 saturated carbocycles. The lowest BCUT2D eigenvalue weighted by molar-refractivity contribution is -0.137. The van der Waals surface area contributed by atoms with E-state index in [1.54, 1.807) is 4.90 Å². The number of halogens is 3. The van der Waals surface area contributed by atoms with Crippen LogP contribution in [0.5, 0.6) is 5.75 Å². The number of para-hydroxylation sites is 1. The minimum Gasteiger partial charge on any atom is -0.494 e. The number of hydrogen-bond acceptors (Lipinski definition) is 3. The van der Waals surface area contributed by atoms with E-state index in [9.17, 15) is 22.8 Å². The molecule has 0 spiro atoms. The second kappa shape index (κ2) is 9.65. The van der Waals surface area contributed by atoms with Crippen LogP contribution in [0.25, 0.3) is 0 Å². The average molecular weight is 420 g/mol. The molecule has 30 heavy (non-hydrogen) atoms. The topological polar surface area (TPSA) is 49.9 Å². The Hall–Kier alpha value is -3.03. The number of carbonyl (C=O) groups excluding carboxylic acids is 2. The maximum Gasteiger partial charge on any atom is 0.416 e. The van der Waals surface area contributed by atoms with E-state index >= 15 is 0 Å². The van der Waals surface area contributed by atoms with E-state index in [4.69, 9.17) is 4.74 Å². The van der Waals surface area contributed by atoms with Gasteiger partial charge in [0.2, 0.25) is 5.91 Å². The summed E-state index contributed by atoms with van der Waals surface area (Å²) in [5.74, 6) is 0.286. The largest absolute Gasteiger partial charge is 0.494 e. The fourth-order valence-corrected chi connectivity index (χ4v) is 3.26. The highest BCUT2D eigenvalue weighted by Crippen LogP contribution is 2.29. The lowest BCUT2D eigenvalue weighted by Crippen LogP contribution is -2.50. The first-order valence-corrected chi connectivity index (χ1v) is 9.77. The number of hydrogen-bond donors (Lipinski definition) is 0. The Labute approximate surface area is 173 Å². The van der Waals surface area contributed by atoms with Gasteiger partial charge in [-0.05, 0) is 36.8 Å². The van der Waals surface area contributed by atoms with Gasteiger partial charge in [-0.15, -0.1) is 0 Å². The van der Waals surface area contributed by atoms with Crippen LogP contribution in [0.3, 0.4) is 0 Å². The molecule has 0 aliphatic carbocycles. The van der Waals surface area contributed by atoms with E-state index in [2.05, 4.69) is 0 Å². The van der Waals surface area contributed by atoms with E-state index in [-0.39, 0.29) is 11.5 Å². The van der Waals surface area contributed by atoms with Crippen molar-refractivity contribution in [1.29, 1.82) is 0 Å². The molecule has 1 aliphatic heterocycles.